The summed E-state index contributed by atoms with van der Waals surface area (Å²) in [5.41, 5.74) is 11.4. The Balaban J connectivity index is 0.000000158. The second-order valence-corrected chi connectivity index (χ2v) is 17.8. The van der Waals surface area contributed by atoms with Crippen LogP contribution in [0, 0.1) is 0 Å². The number of hydrogen-bond donors (Lipinski definition) is 0. The molecule has 2 aliphatic rings. The summed E-state index contributed by atoms with van der Waals surface area (Å²) >= 11 is -0.826. The van der Waals surface area contributed by atoms with Crippen molar-refractivity contribution in [1.82, 2.24) is 0 Å². The number of aryl methyl sites for hydroxylation is 2. The zero-order chi connectivity index (χ0) is 34.0. The standard InChI is InChI=1S/2C23H25.2ClH.Zr/c2*1-2-17-15-21-9-6-10-22(23(21)16-17)20-13-11-19(12-14-20)18-7-4-3-5-8-18;;;/h2*6,9-16,18H,2-5,7-8H2,1H3;2*1H;/q2*-1;;;+4/p-2. The van der Waals surface area contributed by atoms with Crippen molar-refractivity contribution in [2.24, 2.45) is 0 Å². The van der Waals surface area contributed by atoms with Crippen LogP contribution >= 0.6 is 17.0 Å². The first kappa shape index (κ1) is 36.4. The van der Waals surface area contributed by atoms with Gasteiger partial charge in [0.15, 0.2) is 0 Å². The summed E-state index contributed by atoms with van der Waals surface area (Å²) in [6.07, 6.45) is 16.2. The summed E-state index contributed by atoms with van der Waals surface area (Å²) in [5.74, 6) is 1.58. The van der Waals surface area contributed by atoms with E-state index in [1.165, 1.54) is 130 Å². The van der Waals surface area contributed by atoms with Gasteiger partial charge in [-0.05, 0) is 72.6 Å². The molecule has 0 unspecified atom stereocenters. The SMILES string of the molecule is CCc1cc2c(-c3ccc(C4CCCCC4)cc3)cccc2[cH-]1.CCc1cc2c(-c3ccc(C4CCCCC4)cc3)cccc2[cH-]1.[Cl][Zr+2][Cl]. The Bertz CT molecular complexity index is 1740. The van der Waals surface area contributed by atoms with Gasteiger partial charge in [-0.1, -0.05) is 124 Å². The van der Waals surface area contributed by atoms with Crippen LogP contribution in [0.25, 0.3) is 43.8 Å². The topological polar surface area (TPSA) is 0 Å². The molecule has 0 aliphatic heterocycles. The van der Waals surface area contributed by atoms with Gasteiger partial charge in [0.2, 0.25) is 0 Å². The van der Waals surface area contributed by atoms with Crippen LogP contribution in [0.5, 0.6) is 0 Å². The molecule has 2 saturated carbocycles. The molecule has 0 amide bonds. The Morgan fingerprint density at radius 3 is 1.24 bits per heavy atom. The number of fused-ring (bicyclic) bond motifs is 2. The molecule has 2 fully saturated rings. The van der Waals surface area contributed by atoms with Crippen molar-refractivity contribution in [3.05, 3.63) is 131 Å². The van der Waals surface area contributed by atoms with E-state index in [0.717, 1.165) is 24.7 Å². The summed E-state index contributed by atoms with van der Waals surface area (Å²) in [6, 6.07) is 41.5. The molecule has 0 aromatic heterocycles. The summed E-state index contributed by atoms with van der Waals surface area (Å²) in [5, 5.41) is 5.54. The van der Waals surface area contributed by atoms with Crippen molar-refractivity contribution < 1.29 is 20.8 Å². The van der Waals surface area contributed by atoms with E-state index < -0.39 is 20.8 Å². The van der Waals surface area contributed by atoms with Crippen LogP contribution in [0.2, 0.25) is 0 Å². The van der Waals surface area contributed by atoms with Crippen molar-refractivity contribution >= 4 is 38.6 Å². The van der Waals surface area contributed by atoms with Crippen LogP contribution in [0.15, 0.2) is 109 Å². The van der Waals surface area contributed by atoms with Crippen LogP contribution in [-0.4, -0.2) is 0 Å². The van der Waals surface area contributed by atoms with Gasteiger partial charge in [0.05, 0.1) is 0 Å². The van der Waals surface area contributed by atoms with Crippen LogP contribution in [0.4, 0.5) is 0 Å². The zero-order valence-electron chi connectivity index (χ0n) is 29.3. The van der Waals surface area contributed by atoms with Gasteiger partial charge in [-0.2, -0.15) is 12.1 Å². The zero-order valence-corrected chi connectivity index (χ0v) is 33.3. The first-order valence-electron chi connectivity index (χ1n) is 18.6. The predicted molar refractivity (Wildman–Crippen MR) is 212 cm³/mol. The Morgan fingerprint density at radius 1 is 0.531 bits per heavy atom. The van der Waals surface area contributed by atoms with Gasteiger partial charge >= 0.3 is 37.9 Å². The normalized spacial score (nSPS) is 15.3. The van der Waals surface area contributed by atoms with E-state index in [0.29, 0.717) is 0 Å². The van der Waals surface area contributed by atoms with Crippen molar-refractivity contribution in [2.45, 2.75) is 103 Å². The molecule has 0 bridgehead atoms. The van der Waals surface area contributed by atoms with E-state index in [-0.39, 0.29) is 0 Å². The molecule has 8 rings (SSSR count). The quantitative estimate of drug-likeness (QED) is 0.148. The summed E-state index contributed by atoms with van der Waals surface area (Å²) in [7, 11) is 9.87. The van der Waals surface area contributed by atoms with Gasteiger partial charge in [0.25, 0.3) is 0 Å². The van der Waals surface area contributed by atoms with Crippen molar-refractivity contribution in [2.75, 3.05) is 0 Å². The summed E-state index contributed by atoms with van der Waals surface area (Å²) in [4.78, 5) is 0. The molecule has 6 aromatic carbocycles. The Morgan fingerprint density at radius 2 is 0.898 bits per heavy atom. The van der Waals surface area contributed by atoms with E-state index >= 15 is 0 Å². The third kappa shape index (κ3) is 9.08. The third-order valence-electron chi connectivity index (χ3n) is 11.0. The Hall–Kier alpha value is -2.44. The van der Waals surface area contributed by atoms with E-state index in [4.69, 9.17) is 17.0 Å². The molecule has 49 heavy (non-hydrogen) atoms. The fourth-order valence-corrected chi connectivity index (χ4v) is 8.25. The van der Waals surface area contributed by atoms with Crippen molar-refractivity contribution in [1.29, 1.82) is 0 Å². The molecule has 0 atom stereocenters. The molecular formula is C46H50Cl2Zr. The Labute approximate surface area is 313 Å². The molecule has 0 saturated heterocycles. The molecule has 2 aliphatic carbocycles. The first-order chi connectivity index (χ1) is 24.1. The molecule has 252 valence electrons. The second kappa shape index (κ2) is 18.2. The Kier molecular flexibility index (Phi) is 13.5. The minimum atomic E-state index is -0.826. The second-order valence-electron chi connectivity index (χ2n) is 14.0. The molecule has 0 N–H and O–H groups in total. The van der Waals surface area contributed by atoms with Gasteiger partial charge in [-0.25, -0.2) is 0 Å². The van der Waals surface area contributed by atoms with E-state index in [1.54, 1.807) is 0 Å². The monoisotopic (exact) mass is 762 g/mol. The minimum absolute atomic E-state index is 0.791. The molecule has 0 spiro atoms. The van der Waals surface area contributed by atoms with Crippen LogP contribution in [0.1, 0.15) is 112 Å². The third-order valence-corrected chi connectivity index (χ3v) is 11.0. The average molecular weight is 765 g/mol. The van der Waals surface area contributed by atoms with Crippen LogP contribution in [0.3, 0.4) is 0 Å². The average Bonchev–Trinajstić information content (AvgIpc) is 3.81. The van der Waals surface area contributed by atoms with E-state index in [2.05, 4.69) is 123 Å². The summed E-state index contributed by atoms with van der Waals surface area (Å²) in [6.45, 7) is 4.46. The van der Waals surface area contributed by atoms with Gasteiger partial charge in [0, 0.05) is 0 Å². The number of rotatable bonds is 6. The van der Waals surface area contributed by atoms with Crippen molar-refractivity contribution in [3.63, 3.8) is 0 Å². The maximum atomic E-state index is 4.93. The fourth-order valence-electron chi connectivity index (χ4n) is 8.25. The van der Waals surface area contributed by atoms with E-state index in [9.17, 15) is 0 Å². The maximum absolute atomic E-state index is 4.93. The molecule has 3 heteroatoms. The van der Waals surface area contributed by atoms with E-state index in [1.807, 2.05) is 0 Å². The summed E-state index contributed by atoms with van der Waals surface area (Å²) < 4.78 is 0. The number of benzene rings is 4. The van der Waals surface area contributed by atoms with Crippen LogP contribution in [-0.2, 0) is 33.7 Å². The molecule has 0 nitrogen and oxygen atoms in total. The predicted octanol–water partition coefficient (Wildman–Crippen LogP) is 15.0. The van der Waals surface area contributed by atoms with Gasteiger partial charge in [-0.3, -0.25) is 0 Å². The number of halogens is 2. The molecule has 6 aromatic rings. The van der Waals surface area contributed by atoms with Crippen molar-refractivity contribution in [3.8, 4) is 22.3 Å². The van der Waals surface area contributed by atoms with Crippen LogP contribution < -0.4 is 0 Å². The molecule has 0 heterocycles. The number of hydrogen-bond acceptors (Lipinski definition) is 0. The van der Waals surface area contributed by atoms with Gasteiger partial charge in [-0.15, -0.1) is 69.1 Å². The van der Waals surface area contributed by atoms with Gasteiger partial charge in [0.1, 0.15) is 0 Å². The molecular weight excluding hydrogens is 715 g/mol. The first-order valence-corrected chi connectivity index (χ1v) is 25.0. The fraction of sp³-hybridized carbons (Fsp3) is 0.348. The van der Waals surface area contributed by atoms with Gasteiger partial charge < -0.3 is 0 Å². The molecule has 0 radical (unpaired) electrons.